The molecule has 1 saturated heterocycles. The van der Waals surface area contributed by atoms with Gasteiger partial charge in [0.15, 0.2) is 0 Å². The third-order valence-electron chi connectivity index (χ3n) is 3.38. The molecule has 1 aliphatic heterocycles. The van der Waals surface area contributed by atoms with E-state index in [0.29, 0.717) is 0 Å². The van der Waals surface area contributed by atoms with Gasteiger partial charge in [-0.1, -0.05) is 0 Å². The first-order valence-corrected chi connectivity index (χ1v) is 6.97. The first-order valence-electron chi connectivity index (χ1n) is 6.97. The maximum atomic E-state index is 11.9. The maximum absolute atomic E-state index is 11.9. The van der Waals surface area contributed by atoms with Crippen molar-refractivity contribution in [2.24, 2.45) is 0 Å². The third kappa shape index (κ3) is 5.58. The summed E-state index contributed by atoms with van der Waals surface area (Å²) in [5.41, 5.74) is 0. The van der Waals surface area contributed by atoms with Gasteiger partial charge in [0.1, 0.15) is 12.6 Å². The number of methoxy groups -OCH3 is 1. The van der Waals surface area contributed by atoms with Crippen molar-refractivity contribution < 1.29 is 24.2 Å². The van der Waals surface area contributed by atoms with Gasteiger partial charge in [0.25, 0.3) is 0 Å². The normalized spacial score (nSPS) is 15.6. The highest BCUT2D eigenvalue weighted by atomic mass is 16.5. The molecule has 1 aliphatic rings. The van der Waals surface area contributed by atoms with Crippen LogP contribution in [0.3, 0.4) is 0 Å². The average molecular weight is 301 g/mol. The monoisotopic (exact) mass is 301 g/mol. The number of nitrogens with zero attached hydrogens (tertiary/aromatic N) is 2. The summed E-state index contributed by atoms with van der Waals surface area (Å²) >= 11 is 0. The Morgan fingerprint density at radius 2 is 1.95 bits per heavy atom. The molecule has 0 aromatic rings. The van der Waals surface area contributed by atoms with Crippen LogP contribution in [-0.2, 0) is 14.3 Å². The fourth-order valence-corrected chi connectivity index (χ4v) is 2.09. The quantitative estimate of drug-likeness (QED) is 0.675. The first-order chi connectivity index (χ1) is 9.95. The molecule has 120 valence electrons. The number of aliphatic carboxylic acids is 1. The number of carbonyl (C=O) groups excluding carboxylic acids is 2. The summed E-state index contributed by atoms with van der Waals surface area (Å²) in [4.78, 5) is 37.8. The van der Waals surface area contributed by atoms with Gasteiger partial charge in [-0.05, 0) is 12.8 Å². The molecule has 8 nitrogen and oxygen atoms in total. The number of carboxylic acids is 1. The van der Waals surface area contributed by atoms with Crippen molar-refractivity contribution in [2.75, 3.05) is 40.4 Å². The largest absolute Gasteiger partial charge is 0.480 e. The molecular weight excluding hydrogens is 278 g/mol. The van der Waals surface area contributed by atoms with Crippen LogP contribution in [0.5, 0.6) is 0 Å². The Bertz CT molecular complexity index is 382. The van der Waals surface area contributed by atoms with Crippen LogP contribution in [0.25, 0.3) is 0 Å². The summed E-state index contributed by atoms with van der Waals surface area (Å²) in [7, 11) is 2.93. The van der Waals surface area contributed by atoms with Crippen LogP contribution >= 0.6 is 0 Å². The van der Waals surface area contributed by atoms with E-state index in [9.17, 15) is 14.4 Å². The van der Waals surface area contributed by atoms with Gasteiger partial charge >= 0.3 is 12.0 Å². The number of hydrogen-bond acceptors (Lipinski definition) is 4. The number of rotatable bonds is 7. The second-order valence-electron chi connectivity index (χ2n) is 5.07. The van der Waals surface area contributed by atoms with Crippen LogP contribution in [-0.4, -0.2) is 79.3 Å². The molecule has 3 amide bonds. The van der Waals surface area contributed by atoms with Gasteiger partial charge in [-0.15, -0.1) is 0 Å². The van der Waals surface area contributed by atoms with Crippen LogP contribution in [0.2, 0.25) is 0 Å². The van der Waals surface area contributed by atoms with Gasteiger partial charge in [0, 0.05) is 40.3 Å². The second kappa shape index (κ2) is 8.46. The molecule has 1 heterocycles. The highest BCUT2D eigenvalue weighted by Gasteiger charge is 2.24. The standard InChI is InChI=1S/C13H23N3O5/c1-15(9-11(17)16-6-3-4-7-16)13(20)14-10(12(18)19)5-8-21-2/h10H,3-9H2,1-2H3,(H,14,20)(H,18,19). The number of urea groups is 1. The number of likely N-dealkylation sites (tertiary alicyclic amines) is 1. The number of carbonyl (C=O) groups is 3. The Balaban J connectivity index is 2.44. The maximum Gasteiger partial charge on any atom is 0.326 e. The molecule has 0 aromatic carbocycles. The highest BCUT2D eigenvalue weighted by Crippen LogP contribution is 2.07. The number of nitrogens with one attached hydrogen (secondary N) is 1. The van der Waals surface area contributed by atoms with Crippen LogP contribution in [0, 0.1) is 0 Å². The van der Waals surface area contributed by atoms with Crippen molar-refractivity contribution in [1.29, 1.82) is 0 Å². The number of likely N-dealkylation sites (N-methyl/N-ethyl adjacent to an activating group) is 1. The van der Waals surface area contributed by atoms with E-state index in [2.05, 4.69) is 5.32 Å². The van der Waals surface area contributed by atoms with Crippen molar-refractivity contribution in [2.45, 2.75) is 25.3 Å². The predicted molar refractivity (Wildman–Crippen MR) is 74.9 cm³/mol. The average Bonchev–Trinajstić information content (AvgIpc) is 2.96. The van der Waals surface area contributed by atoms with Crippen LogP contribution in [0.4, 0.5) is 4.79 Å². The minimum absolute atomic E-state index is 0.0531. The van der Waals surface area contributed by atoms with E-state index in [0.717, 1.165) is 25.9 Å². The summed E-state index contributed by atoms with van der Waals surface area (Å²) in [5.74, 6) is -1.24. The number of ether oxygens (including phenoxy) is 1. The van der Waals surface area contributed by atoms with Gasteiger partial charge in [-0.2, -0.15) is 0 Å². The lowest BCUT2D eigenvalue weighted by Gasteiger charge is -2.23. The van der Waals surface area contributed by atoms with E-state index in [1.807, 2.05) is 0 Å². The molecule has 0 saturated carbocycles. The van der Waals surface area contributed by atoms with Gasteiger partial charge in [-0.25, -0.2) is 9.59 Å². The Hall–Kier alpha value is -1.83. The first kappa shape index (κ1) is 17.2. The minimum Gasteiger partial charge on any atom is -0.480 e. The summed E-state index contributed by atoms with van der Waals surface area (Å²) in [6.07, 6.45) is 2.14. The van der Waals surface area contributed by atoms with E-state index in [1.165, 1.54) is 19.1 Å². The van der Waals surface area contributed by atoms with Crippen molar-refractivity contribution >= 4 is 17.9 Å². The zero-order valence-electron chi connectivity index (χ0n) is 12.5. The van der Waals surface area contributed by atoms with E-state index < -0.39 is 18.0 Å². The van der Waals surface area contributed by atoms with Crippen LogP contribution < -0.4 is 5.32 Å². The van der Waals surface area contributed by atoms with Gasteiger partial charge in [0.2, 0.25) is 5.91 Å². The van der Waals surface area contributed by atoms with Gasteiger partial charge in [-0.3, -0.25) is 4.79 Å². The summed E-state index contributed by atoms with van der Waals surface area (Å²) in [6, 6.07) is -1.60. The lowest BCUT2D eigenvalue weighted by Crippen LogP contribution is -2.49. The Morgan fingerprint density at radius 1 is 1.33 bits per heavy atom. The molecule has 21 heavy (non-hydrogen) atoms. The van der Waals surface area contributed by atoms with E-state index in [4.69, 9.17) is 9.84 Å². The molecule has 1 unspecified atom stereocenters. The molecule has 1 rings (SSSR count). The highest BCUT2D eigenvalue weighted by molar-refractivity contribution is 5.86. The number of hydrogen-bond donors (Lipinski definition) is 2. The van der Waals surface area contributed by atoms with Gasteiger partial charge < -0.3 is 25.0 Å². The third-order valence-corrected chi connectivity index (χ3v) is 3.38. The Kier molecular flexibility index (Phi) is 6.93. The lowest BCUT2D eigenvalue weighted by molar-refractivity contribution is -0.139. The molecular formula is C13H23N3O5. The molecule has 0 spiro atoms. The molecule has 1 atom stereocenters. The Labute approximate surface area is 124 Å². The van der Waals surface area contributed by atoms with Crippen molar-refractivity contribution in [3.8, 4) is 0 Å². The summed E-state index contributed by atoms with van der Waals surface area (Å²) in [5, 5.41) is 11.4. The molecule has 0 bridgehead atoms. The smallest absolute Gasteiger partial charge is 0.326 e. The van der Waals surface area contributed by atoms with Crippen molar-refractivity contribution in [3.63, 3.8) is 0 Å². The molecule has 0 aromatic heterocycles. The zero-order valence-corrected chi connectivity index (χ0v) is 12.5. The van der Waals surface area contributed by atoms with Crippen LogP contribution in [0.1, 0.15) is 19.3 Å². The molecule has 8 heteroatoms. The van der Waals surface area contributed by atoms with Gasteiger partial charge in [0.05, 0.1) is 0 Å². The predicted octanol–water partition coefficient (Wildman–Crippen LogP) is -0.260. The number of amides is 3. The van der Waals surface area contributed by atoms with E-state index in [1.54, 1.807) is 4.90 Å². The Morgan fingerprint density at radius 3 is 2.48 bits per heavy atom. The zero-order chi connectivity index (χ0) is 15.8. The SMILES string of the molecule is COCCC(NC(=O)N(C)CC(=O)N1CCCC1)C(=O)O. The molecule has 0 aliphatic carbocycles. The lowest BCUT2D eigenvalue weighted by atomic mass is 10.2. The minimum atomic E-state index is -1.13. The summed E-state index contributed by atoms with van der Waals surface area (Å²) in [6.45, 7) is 1.62. The molecule has 2 N–H and O–H groups in total. The fraction of sp³-hybridized carbons (Fsp3) is 0.769. The summed E-state index contributed by atoms with van der Waals surface area (Å²) < 4.78 is 4.81. The van der Waals surface area contributed by atoms with Crippen LogP contribution in [0.15, 0.2) is 0 Å². The topological polar surface area (TPSA) is 99.2 Å². The fourth-order valence-electron chi connectivity index (χ4n) is 2.09. The number of carboxylic acid groups (broad SMARTS) is 1. The molecule has 1 fully saturated rings. The van der Waals surface area contributed by atoms with Crippen molar-refractivity contribution in [1.82, 2.24) is 15.1 Å². The van der Waals surface area contributed by atoms with E-state index in [-0.39, 0.29) is 25.5 Å². The van der Waals surface area contributed by atoms with Crippen molar-refractivity contribution in [3.05, 3.63) is 0 Å². The second-order valence-corrected chi connectivity index (χ2v) is 5.07. The van der Waals surface area contributed by atoms with E-state index >= 15 is 0 Å². The molecule has 0 radical (unpaired) electrons.